The number of anilines is 2. The molecule has 0 atom stereocenters. The number of aryl methyl sites for hydroxylation is 2. The molecule has 3 rings (SSSR count). The number of nitrogens with zero attached hydrogens (tertiary/aromatic N) is 4. The van der Waals surface area contributed by atoms with Gasteiger partial charge < -0.3 is 10.6 Å². The summed E-state index contributed by atoms with van der Waals surface area (Å²) in [6.07, 6.45) is 24.2. The zero-order chi connectivity index (χ0) is 33.0. The lowest BCUT2D eigenvalue weighted by atomic mass is 10.1. The summed E-state index contributed by atoms with van der Waals surface area (Å²) in [5, 5.41) is 6.72. The summed E-state index contributed by atoms with van der Waals surface area (Å²) in [4.78, 5) is 34.2. The maximum absolute atomic E-state index is 12.8. The van der Waals surface area contributed by atoms with E-state index in [4.69, 9.17) is 0 Å². The quantitative estimate of drug-likeness (QED) is 0.0961. The molecule has 2 N–H and O–H groups in total. The number of aromatic nitrogens is 4. The molecule has 0 fully saturated rings. The Labute approximate surface area is 277 Å². The van der Waals surface area contributed by atoms with Gasteiger partial charge in [-0.1, -0.05) is 128 Å². The molecule has 0 aliphatic rings. The highest BCUT2D eigenvalue weighted by molar-refractivity contribution is 5.42. The molecule has 0 saturated heterocycles. The minimum atomic E-state index is -0.252. The maximum Gasteiger partial charge on any atom is 0.349 e. The van der Waals surface area contributed by atoms with E-state index < -0.39 is 0 Å². The predicted molar refractivity (Wildman–Crippen MR) is 193 cm³/mol. The van der Waals surface area contributed by atoms with Crippen molar-refractivity contribution in [1.29, 1.82) is 0 Å². The van der Waals surface area contributed by atoms with Gasteiger partial charge in [-0.2, -0.15) is 9.97 Å². The molecule has 2 heterocycles. The fourth-order valence-corrected chi connectivity index (χ4v) is 5.86. The first-order valence-electron chi connectivity index (χ1n) is 18.1. The summed E-state index contributed by atoms with van der Waals surface area (Å²) in [6.45, 7) is 11.1. The normalized spacial score (nSPS) is 11.2. The number of unbranched alkanes of at least 4 members (excludes halogenated alkanes) is 14. The molecule has 0 aliphatic heterocycles. The zero-order valence-electron chi connectivity index (χ0n) is 29.2. The second kappa shape index (κ2) is 21.4. The molecule has 254 valence electrons. The van der Waals surface area contributed by atoms with Crippen LogP contribution in [-0.2, 0) is 13.1 Å². The predicted octanol–water partition coefficient (Wildman–Crippen LogP) is 8.62. The largest absolute Gasteiger partial charge is 0.370 e. The molecular weight excluding hydrogens is 572 g/mol. The number of nitrogens with one attached hydrogen (secondary N) is 2. The van der Waals surface area contributed by atoms with E-state index in [0.29, 0.717) is 24.7 Å². The summed E-state index contributed by atoms with van der Waals surface area (Å²) in [7, 11) is 0. The highest BCUT2D eigenvalue weighted by atomic mass is 16.1. The van der Waals surface area contributed by atoms with Crippen LogP contribution in [0.1, 0.15) is 139 Å². The van der Waals surface area contributed by atoms with Crippen LogP contribution in [0.15, 0.2) is 46.2 Å². The third kappa shape index (κ3) is 13.5. The van der Waals surface area contributed by atoms with Gasteiger partial charge in [0.1, 0.15) is 11.6 Å². The lowest BCUT2D eigenvalue weighted by Crippen LogP contribution is -2.26. The third-order valence-corrected chi connectivity index (χ3v) is 8.73. The highest BCUT2D eigenvalue weighted by Crippen LogP contribution is 2.14. The second-order valence-electron chi connectivity index (χ2n) is 13.0. The van der Waals surface area contributed by atoms with Crippen molar-refractivity contribution in [3.8, 4) is 0 Å². The Morgan fingerprint density at radius 2 is 0.848 bits per heavy atom. The Bertz CT molecular complexity index is 1290. The Kier molecular flexibility index (Phi) is 17.2. The van der Waals surface area contributed by atoms with Crippen LogP contribution in [0, 0.1) is 13.8 Å². The SMILES string of the molecule is CCCCCCCCCCNc1nc(=O)n(Cc2ccc(Cn3cc(C)c(NCCCCCCCCCC)nc3=O)cc2)cc1C. The molecule has 8 heteroatoms. The molecule has 0 radical (unpaired) electrons. The average molecular weight is 633 g/mol. The van der Waals surface area contributed by atoms with Gasteiger partial charge in [-0.25, -0.2) is 9.59 Å². The average Bonchev–Trinajstić information content (AvgIpc) is 3.04. The molecule has 1 aromatic carbocycles. The van der Waals surface area contributed by atoms with E-state index in [-0.39, 0.29) is 11.4 Å². The van der Waals surface area contributed by atoms with Crippen LogP contribution in [0.2, 0.25) is 0 Å². The Hall–Kier alpha value is -3.42. The first-order chi connectivity index (χ1) is 22.4. The number of rotatable bonds is 24. The van der Waals surface area contributed by atoms with Crippen molar-refractivity contribution in [2.45, 2.75) is 144 Å². The first-order valence-corrected chi connectivity index (χ1v) is 18.1. The van der Waals surface area contributed by atoms with Crippen LogP contribution in [0.25, 0.3) is 0 Å². The fourth-order valence-electron chi connectivity index (χ4n) is 5.86. The smallest absolute Gasteiger partial charge is 0.349 e. The molecule has 0 amide bonds. The van der Waals surface area contributed by atoms with Crippen LogP contribution in [0.5, 0.6) is 0 Å². The molecule has 0 aliphatic carbocycles. The van der Waals surface area contributed by atoms with Gasteiger partial charge in [0, 0.05) is 36.6 Å². The van der Waals surface area contributed by atoms with E-state index in [1.54, 1.807) is 9.13 Å². The minimum absolute atomic E-state index is 0.252. The van der Waals surface area contributed by atoms with Gasteiger partial charge in [-0.15, -0.1) is 0 Å². The van der Waals surface area contributed by atoms with Crippen molar-refractivity contribution in [1.82, 2.24) is 19.1 Å². The van der Waals surface area contributed by atoms with Gasteiger partial charge in [0.25, 0.3) is 0 Å². The summed E-state index contributed by atoms with van der Waals surface area (Å²) in [5.41, 5.74) is 3.44. The van der Waals surface area contributed by atoms with E-state index in [9.17, 15) is 9.59 Å². The van der Waals surface area contributed by atoms with Crippen LogP contribution >= 0.6 is 0 Å². The van der Waals surface area contributed by atoms with Gasteiger partial charge >= 0.3 is 11.4 Å². The van der Waals surface area contributed by atoms with Crippen LogP contribution in [0.4, 0.5) is 11.6 Å². The lowest BCUT2D eigenvalue weighted by Gasteiger charge is -2.13. The Morgan fingerprint density at radius 1 is 0.522 bits per heavy atom. The van der Waals surface area contributed by atoms with E-state index in [1.165, 1.54) is 89.9 Å². The Balaban J connectivity index is 1.44. The number of benzene rings is 1. The maximum atomic E-state index is 12.8. The van der Waals surface area contributed by atoms with Gasteiger partial charge in [0.05, 0.1) is 13.1 Å². The summed E-state index contributed by atoms with van der Waals surface area (Å²) < 4.78 is 3.31. The molecule has 8 nitrogen and oxygen atoms in total. The Morgan fingerprint density at radius 3 is 1.20 bits per heavy atom. The summed E-state index contributed by atoms with van der Waals surface area (Å²) in [5.74, 6) is 1.37. The fraction of sp³-hybridized carbons (Fsp3) is 0.632. The molecule has 0 saturated carbocycles. The van der Waals surface area contributed by atoms with Gasteiger partial charge in [-0.3, -0.25) is 9.13 Å². The standard InChI is InChI=1S/C38H60N6O2/c1-5-7-9-11-13-15-17-19-25-39-35-31(3)27-43(37(45)41-35)29-33-21-23-34(24-22-33)30-44-28-32(4)36(42-38(44)46)40-26-20-18-16-14-12-10-8-6-2/h21-24,27-28H,5-20,25-26,29-30H2,1-4H3,(H,39,41,45)(H,40,42,46). The lowest BCUT2D eigenvalue weighted by molar-refractivity contribution is 0.580. The molecular formula is C38H60N6O2. The summed E-state index contributed by atoms with van der Waals surface area (Å²) >= 11 is 0. The molecule has 46 heavy (non-hydrogen) atoms. The minimum Gasteiger partial charge on any atom is -0.370 e. The van der Waals surface area contributed by atoms with Crippen molar-refractivity contribution in [3.05, 3.63) is 79.9 Å². The van der Waals surface area contributed by atoms with Gasteiger partial charge in [0.15, 0.2) is 0 Å². The van der Waals surface area contributed by atoms with Crippen molar-refractivity contribution in [3.63, 3.8) is 0 Å². The molecule has 0 spiro atoms. The zero-order valence-corrected chi connectivity index (χ0v) is 29.2. The van der Waals surface area contributed by atoms with E-state index in [1.807, 2.05) is 50.5 Å². The van der Waals surface area contributed by atoms with E-state index in [0.717, 1.165) is 48.2 Å². The third-order valence-electron chi connectivity index (χ3n) is 8.73. The highest BCUT2D eigenvalue weighted by Gasteiger charge is 2.08. The molecule has 0 bridgehead atoms. The number of hydrogen-bond acceptors (Lipinski definition) is 6. The van der Waals surface area contributed by atoms with Crippen molar-refractivity contribution in [2.75, 3.05) is 23.7 Å². The molecule has 3 aromatic rings. The topological polar surface area (TPSA) is 93.8 Å². The van der Waals surface area contributed by atoms with Crippen molar-refractivity contribution < 1.29 is 0 Å². The van der Waals surface area contributed by atoms with Gasteiger partial charge in [-0.05, 0) is 37.8 Å². The van der Waals surface area contributed by atoms with E-state index in [2.05, 4.69) is 34.4 Å². The van der Waals surface area contributed by atoms with E-state index >= 15 is 0 Å². The van der Waals surface area contributed by atoms with Crippen LogP contribution in [-0.4, -0.2) is 32.2 Å². The van der Waals surface area contributed by atoms with Crippen molar-refractivity contribution >= 4 is 11.6 Å². The van der Waals surface area contributed by atoms with Gasteiger partial charge in [0.2, 0.25) is 0 Å². The van der Waals surface area contributed by atoms with Crippen molar-refractivity contribution in [2.24, 2.45) is 0 Å². The van der Waals surface area contributed by atoms with Crippen LogP contribution in [0.3, 0.4) is 0 Å². The monoisotopic (exact) mass is 632 g/mol. The molecule has 0 unspecified atom stereocenters. The molecule has 2 aromatic heterocycles. The first kappa shape index (κ1) is 37.0. The number of hydrogen-bond donors (Lipinski definition) is 2. The van der Waals surface area contributed by atoms with Crippen LogP contribution < -0.4 is 22.0 Å². The summed E-state index contributed by atoms with van der Waals surface area (Å²) in [6, 6.07) is 8.04. The second-order valence-corrected chi connectivity index (χ2v) is 13.0.